The lowest BCUT2D eigenvalue weighted by Gasteiger charge is -2.18. The number of rotatable bonds is 11. The molecule has 0 aliphatic rings. The first kappa shape index (κ1) is 23.9. The van der Waals surface area contributed by atoms with Crippen molar-refractivity contribution in [3.63, 3.8) is 0 Å². The summed E-state index contributed by atoms with van der Waals surface area (Å²) in [5.41, 5.74) is 1.34. The van der Waals surface area contributed by atoms with Gasteiger partial charge in [0.15, 0.2) is 0 Å². The van der Waals surface area contributed by atoms with E-state index in [1.54, 1.807) is 24.3 Å². The lowest BCUT2D eigenvalue weighted by molar-refractivity contribution is -0.137. The maximum Gasteiger partial charge on any atom is 0.303 e. The summed E-state index contributed by atoms with van der Waals surface area (Å²) in [6.07, 6.45) is 2.26. The first-order valence-corrected chi connectivity index (χ1v) is 11.5. The summed E-state index contributed by atoms with van der Waals surface area (Å²) in [4.78, 5) is 23.4. The van der Waals surface area contributed by atoms with Gasteiger partial charge in [-0.1, -0.05) is 43.5 Å². The summed E-state index contributed by atoms with van der Waals surface area (Å²) < 4.78 is 27.8. The van der Waals surface area contributed by atoms with Crippen LogP contribution in [0.2, 0.25) is 5.02 Å². The number of aryl methyl sites for hydroxylation is 1. The lowest BCUT2D eigenvalue weighted by Crippen LogP contribution is -2.43. The Morgan fingerprint density at radius 3 is 2.27 bits per heavy atom. The highest BCUT2D eigenvalue weighted by molar-refractivity contribution is 7.89. The van der Waals surface area contributed by atoms with Crippen molar-refractivity contribution in [1.29, 1.82) is 0 Å². The number of sulfonamides is 1. The third kappa shape index (κ3) is 7.44. The summed E-state index contributed by atoms with van der Waals surface area (Å²) in [7, 11) is -3.89. The molecular weight excluding hydrogens is 428 g/mol. The van der Waals surface area contributed by atoms with Crippen LogP contribution in [0.1, 0.15) is 38.2 Å². The highest BCUT2D eigenvalue weighted by Gasteiger charge is 2.25. The second kappa shape index (κ2) is 11.1. The summed E-state index contributed by atoms with van der Waals surface area (Å²) >= 11 is 5.81. The van der Waals surface area contributed by atoms with E-state index in [-0.39, 0.29) is 11.3 Å². The monoisotopic (exact) mass is 452 g/mol. The number of anilines is 1. The summed E-state index contributed by atoms with van der Waals surface area (Å²) in [5.74, 6) is -1.33. The molecule has 0 aliphatic carbocycles. The Bertz CT molecular complexity index is 960. The molecule has 0 fully saturated rings. The van der Waals surface area contributed by atoms with Crippen molar-refractivity contribution in [2.45, 2.75) is 50.0 Å². The maximum atomic E-state index is 12.7. The fraction of sp³-hybridized carbons (Fsp3) is 0.333. The average molecular weight is 453 g/mol. The Labute approximate surface area is 181 Å². The molecular formula is C21H25ClN2O5S. The van der Waals surface area contributed by atoms with Gasteiger partial charge in [-0.05, 0) is 54.8 Å². The molecule has 2 aromatic carbocycles. The number of hydrogen-bond acceptors (Lipinski definition) is 4. The average Bonchev–Trinajstić information content (AvgIpc) is 2.70. The van der Waals surface area contributed by atoms with Gasteiger partial charge in [-0.2, -0.15) is 4.72 Å². The highest BCUT2D eigenvalue weighted by atomic mass is 35.5. The van der Waals surface area contributed by atoms with Gasteiger partial charge in [0.25, 0.3) is 0 Å². The SMILES string of the molecule is CCCCC(NS(=O)(=O)c1ccc(Cl)cc1)C(=O)Nc1ccc(CCC(=O)O)cc1. The van der Waals surface area contributed by atoms with Crippen LogP contribution in [0.4, 0.5) is 5.69 Å². The van der Waals surface area contributed by atoms with Crippen molar-refractivity contribution in [1.82, 2.24) is 4.72 Å². The van der Waals surface area contributed by atoms with Crippen molar-refractivity contribution in [3.05, 3.63) is 59.1 Å². The number of carboxylic acids is 1. The minimum atomic E-state index is -3.89. The fourth-order valence-electron chi connectivity index (χ4n) is 2.76. The summed E-state index contributed by atoms with van der Waals surface area (Å²) in [6.45, 7) is 1.96. The molecule has 7 nitrogen and oxygen atoms in total. The Morgan fingerprint density at radius 1 is 1.07 bits per heavy atom. The van der Waals surface area contributed by atoms with Crippen molar-refractivity contribution in [2.75, 3.05) is 5.32 Å². The molecule has 1 amide bonds. The topological polar surface area (TPSA) is 113 Å². The van der Waals surface area contributed by atoms with Gasteiger partial charge in [0.05, 0.1) is 4.90 Å². The van der Waals surface area contributed by atoms with Gasteiger partial charge in [-0.25, -0.2) is 8.42 Å². The van der Waals surface area contributed by atoms with Gasteiger partial charge in [0.2, 0.25) is 15.9 Å². The second-order valence-electron chi connectivity index (χ2n) is 6.85. The Morgan fingerprint density at radius 2 is 1.70 bits per heavy atom. The molecule has 162 valence electrons. The molecule has 1 atom stereocenters. The van der Waals surface area contributed by atoms with Crippen molar-refractivity contribution < 1.29 is 23.1 Å². The van der Waals surface area contributed by atoms with E-state index in [1.165, 1.54) is 24.3 Å². The van der Waals surface area contributed by atoms with Crippen LogP contribution in [0, 0.1) is 0 Å². The quantitative estimate of drug-likeness (QED) is 0.479. The molecule has 0 aliphatic heterocycles. The Kier molecular flexibility index (Phi) is 8.83. The molecule has 2 aromatic rings. The highest BCUT2D eigenvalue weighted by Crippen LogP contribution is 2.17. The van der Waals surface area contributed by atoms with Gasteiger partial charge in [-0.3, -0.25) is 9.59 Å². The standard InChI is InChI=1S/C21H25ClN2O5S/c1-2-3-4-19(24-30(28,29)18-12-8-16(22)9-13-18)21(27)23-17-10-5-15(6-11-17)7-14-20(25)26/h5-6,8-13,19,24H,2-4,7,14H2,1H3,(H,23,27)(H,25,26). The summed E-state index contributed by atoms with van der Waals surface area (Å²) in [5, 5.41) is 11.9. The molecule has 0 radical (unpaired) electrons. The smallest absolute Gasteiger partial charge is 0.303 e. The lowest BCUT2D eigenvalue weighted by atomic mass is 10.1. The number of nitrogens with one attached hydrogen (secondary N) is 2. The number of amides is 1. The van der Waals surface area contributed by atoms with Crippen molar-refractivity contribution >= 4 is 39.2 Å². The number of benzene rings is 2. The van der Waals surface area contributed by atoms with E-state index in [2.05, 4.69) is 10.0 Å². The van der Waals surface area contributed by atoms with E-state index in [9.17, 15) is 18.0 Å². The number of halogens is 1. The zero-order chi connectivity index (χ0) is 22.1. The molecule has 3 N–H and O–H groups in total. The van der Waals surface area contributed by atoms with Crippen LogP contribution in [-0.2, 0) is 26.0 Å². The Hall–Kier alpha value is -2.42. The van der Waals surface area contributed by atoms with Crippen LogP contribution in [-0.4, -0.2) is 31.4 Å². The third-order valence-corrected chi connectivity index (χ3v) is 6.17. The van der Waals surface area contributed by atoms with E-state index in [0.29, 0.717) is 30.0 Å². The molecule has 0 heterocycles. The van der Waals surface area contributed by atoms with Crippen LogP contribution < -0.4 is 10.0 Å². The van der Waals surface area contributed by atoms with Crippen LogP contribution in [0.3, 0.4) is 0 Å². The molecule has 1 unspecified atom stereocenters. The van der Waals surface area contributed by atoms with E-state index in [4.69, 9.17) is 16.7 Å². The number of carboxylic acid groups (broad SMARTS) is 1. The number of hydrogen-bond donors (Lipinski definition) is 3. The third-order valence-electron chi connectivity index (χ3n) is 4.43. The first-order valence-electron chi connectivity index (χ1n) is 9.60. The molecule has 9 heteroatoms. The molecule has 0 saturated carbocycles. The minimum absolute atomic E-state index is 0.0251. The predicted molar refractivity (Wildman–Crippen MR) is 116 cm³/mol. The second-order valence-corrected chi connectivity index (χ2v) is 9.00. The molecule has 30 heavy (non-hydrogen) atoms. The van der Waals surface area contributed by atoms with Gasteiger partial charge >= 0.3 is 5.97 Å². The first-order chi connectivity index (χ1) is 14.2. The molecule has 0 spiro atoms. The van der Waals surface area contributed by atoms with Gasteiger partial charge in [-0.15, -0.1) is 0 Å². The van der Waals surface area contributed by atoms with E-state index >= 15 is 0 Å². The van der Waals surface area contributed by atoms with Crippen LogP contribution in [0.25, 0.3) is 0 Å². The zero-order valence-corrected chi connectivity index (χ0v) is 18.2. The molecule has 0 saturated heterocycles. The molecule has 0 aromatic heterocycles. The van der Waals surface area contributed by atoms with Gasteiger partial charge in [0, 0.05) is 17.1 Å². The predicted octanol–water partition coefficient (Wildman–Crippen LogP) is 3.83. The van der Waals surface area contributed by atoms with Crippen LogP contribution >= 0.6 is 11.6 Å². The van der Waals surface area contributed by atoms with Crippen molar-refractivity contribution in [2.24, 2.45) is 0 Å². The summed E-state index contributed by atoms with van der Waals surface area (Å²) in [6, 6.07) is 11.6. The normalized spacial score (nSPS) is 12.3. The number of carbonyl (C=O) groups excluding carboxylic acids is 1. The van der Waals surface area contributed by atoms with Gasteiger partial charge in [0.1, 0.15) is 6.04 Å². The van der Waals surface area contributed by atoms with Crippen LogP contribution in [0.5, 0.6) is 0 Å². The van der Waals surface area contributed by atoms with Crippen molar-refractivity contribution in [3.8, 4) is 0 Å². The minimum Gasteiger partial charge on any atom is -0.481 e. The van der Waals surface area contributed by atoms with E-state index in [0.717, 1.165) is 12.0 Å². The maximum absolute atomic E-state index is 12.7. The van der Waals surface area contributed by atoms with Crippen LogP contribution in [0.15, 0.2) is 53.4 Å². The Balaban J connectivity index is 2.09. The fourth-order valence-corrected chi connectivity index (χ4v) is 4.11. The zero-order valence-electron chi connectivity index (χ0n) is 16.6. The molecule has 0 bridgehead atoms. The largest absolute Gasteiger partial charge is 0.481 e. The number of carbonyl (C=O) groups is 2. The molecule has 2 rings (SSSR count). The van der Waals surface area contributed by atoms with E-state index in [1.807, 2.05) is 6.92 Å². The number of unbranched alkanes of at least 4 members (excludes halogenated alkanes) is 1. The van der Waals surface area contributed by atoms with Gasteiger partial charge < -0.3 is 10.4 Å². The number of aliphatic carboxylic acids is 1. The van der Waals surface area contributed by atoms with E-state index < -0.39 is 27.9 Å².